The summed E-state index contributed by atoms with van der Waals surface area (Å²) >= 11 is 0. The molecule has 0 radical (unpaired) electrons. The Morgan fingerprint density at radius 1 is 1.08 bits per heavy atom. The molecule has 0 spiro atoms. The maximum atomic E-state index is 12.7. The maximum absolute atomic E-state index is 12.7. The molecule has 1 saturated heterocycles. The van der Waals surface area contributed by atoms with Crippen molar-refractivity contribution in [3.63, 3.8) is 0 Å². The number of hydrogen-bond donors (Lipinski definition) is 1. The summed E-state index contributed by atoms with van der Waals surface area (Å²) in [5, 5.41) is 0. The zero-order valence-electron chi connectivity index (χ0n) is 15.4. The minimum absolute atomic E-state index is 0.0544. The van der Waals surface area contributed by atoms with E-state index < -0.39 is 10.0 Å². The first-order valence-electron chi connectivity index (χ1n) is 8.45. The number of benzene rings is 1. The van der Waals surface area contributed by atoms with E-state index in [9.17, 15) is 18.0 Å². The van der Waals surface area contributed by atoms with Crippen molar-refractivity contribution in [2.75, 3.05) is 57.8 Å². The lowest BCUT2D eigenvalue weighted by Crippen LogP contribution is -2.39. The van der Waals surface area contributed by atoms with Crippen molar-refractivity contribution in [3.8, 4) is 0 Å². The molecule has 2 rings (SSSR count). The van der Waals surface area contributed by atoms with Crippen LogP contribution in [0.2, 0.25) is 0 Å². The van der Waals surface area contributed by atoms with Gasteiger partial charge in [-0.05, 0) is 30.7 Å². The van der Waals surface area contributed by atoms with Crippen LogP contribution in [0.3, 0.4) is 0 Å². The highest BCUT2D eigenvalue weighted by Crippen LogP contribution is 2.14. The van der Waals surface area contributed by atoms with Crippen LogP contribution in [0.15, 0.2) is 24.3 Å². The SMILES string of the molecule is CN(C)C(=O)CN1CCCN(C(=O)c2ccc(NS(C)(=O)=O)cc2)CC1. The Labute approximate surface area is 154 Å². The third kappa shape index (κ3) is 5.99. The van der Waals surface area contributed by atoms with Gasteiger partial charge in [0.05, 0.1) is 12.8 Å². The second-order valence-corrected chi connectivity index (χ2v) is 8.41. The second-order valence-electron chi connectivity index (χ2n) is 6.66. The van der Waals surface area contributed by atoms with Crippen LogP contribution >= 0.6 is 0 Å². The third-order valence-electron chi connectivity index (χ3n) is 4.17. The van der Waals surface area contributed by atoms with E-state index in [4.69, 9.17) is 0 Å². The van der Waals surface area contributed by atoms with E-state index in [1.807, 2.05) is 0 Å². The largest absolute Gasteiger partial charge is 0.348 e. The molecule has 0 aliphatic carbocycles. The van der Waals surface area contributed by atoms with Crippen molar-refractivity contribution in [2.45, 2.75) is 6.42 Å². The number of hydrogen-bond acceptors (Lipinski definition) is 5. The molecule has 144 valence electrons. The molecule has 0 aromatic heterocycles. The van der Waals surface area contributed by atoms with Crippen molar-refractivity contribution in [3.05, 3.63) is 29.8 Å². The number of rotatable bonds is 5. The van der Waals surface area contributed by atoms with E-state index in [1.165, 1.54) is 0 Å². The van der Waals surface area contributed by atoms with Crippen molar-refractivity contribution in [2.24, 2.45) is 0 Å². The van der Waals surface area contributed by atoms with Crippen molar-refractivity contribution >= 4 is 27.5 Å². The summed E-state index contributed by atoms with van der Waals surface area (Å²) in [4.78, 5) is 29.9. The van der Waals surface area contributed by atoms with Gasteiger partial charge in [0, 0.05) is 51.5 Å². The fraction of sp³-hybridized carbons (Fsp3) is 0.529. The van der Waals surface area contributed by atoms with Crippen molar-refractivity contribution < 1.29 is 18.0 Å². The molecule has 1 aromatic carbocycles. The molecule has 0 saturated carbocycles. The predicted octanol–water partition coefficient (Wildman–Crippen LogP) is 0.294. The molecule has 0 unspecified atom stereocenters. The summed E-state index contributed by atoms with van der Waals surface area (Å²) in [6.07, 6.45) is 1.89. The topological polar surface area (TPSA) is 90.0 Å². The summed E-state index contributed by atoms with van der Waals surface area (Å²) in [6.45, 7) is 2.98. The standard InChI is InChI=1S/C17H26N4O4S/c1-19(2)16(22)13-20-9-4-10-21(12-11-20)17(23)14-5-7-15(8-6-14)18-26(3,24)25/h5-8,18H,4,9-13H2,1-3H3. The summed E-state index contributed by atoms with van der Waals surface area (Å²) < 4.78 is 24.8. The van der Waals surface area contributed by atoms with Crippen LogP contribution in [0.1, 0.15) is 16.8 Å². The summed E-state index contributed by atoms with van der Waals surface area (Å²) in [6, 6.07) is 6.39. The molecule has 9 heteroatoms. The van der Waals surface area contributed by atoms with Gasteiger partial charge in [-0.25, -0.2) is 8.42 Å². The minimum Gasteiger partial charge on any atom is -0.348 e. The lowest BCUT2D eigenvalue weighted by Gasteiger charge is -2.23. The van der Waals surface area contributed by atoms with Crippen LogP contribution in [0.5, 0.6) is 0 Å². The van der Waals surface area contributed by atoms with Crippen LogP contribution in [0.25, 0.3) is 0 Å². The highest BCUT2D eigenvalue weighted by molar-refractivity contribution is 7.92. The van der Waals surface area contributed by atoms with Crippen LogP contribution < -0.4 is 4.72 Å². The number of anilines is 1. The Kier molecular flexibility index (Phi) is 6.60. The van der Waals surface area contributed by atoms with Gasteiger partial charge in [-0.3, -0.25) is 19.2 Å². The lowest BCUT2D eigenvalue weighted by atomic mass is 10.2. The highest BCUT2D eigenvalue weighted by atomic mass is 32.2. The number of amides is 2. The number of likely N-dealkylation sites (N-methyl/N-ethyl adjacent to an activating group) is 1. The van der Waals surface area contributed by atoms with Crippen LogP contribution in [0.4, 0.5) is 5.69 Å². The molecule has 1 aliphatic rings. The van der Waals surface area contributed by atoms with E-state index in [0.717, 1.165) is 19.2 Å². The van der Waals surface area contributed by atoms with Crippen LogP contribution in [0, 0.1) is 0 Å². The van der Waals surface area contributed by atoms with Crippen LogP contribution in [-0.4, -0.2) is 88.0 Å². The first kappa shape index (κ1) is 20.2. The van der Waals surface area contributed by atoms with E-state index in [-0.39, 0.29) is 11.8 Å². The Morgan fingerprint density at radius 3 is 2.31 bits per heavy atom. The van der Waals surface area contributed by atoms with Gasteiger partial charge < -0.3 is 9.80 Å². The Hall–Kier alpha value is -2.13. The third-order valence-corrected chi connectivity index (χ3v) is 4.77. The van der Waals surface area contributed by atoms with E-state index >= 15 is 0 Å². The monoisotopic (exact) mass is 382 g/mol. The van der Waals surface area contributed by atoms with Gasteiger partial charge in [0.15, 0.2) is 0 Å². The first-order chi connectivity index (χ1) is 12.2. The Morgan fingerprint density at radius 2 is 1.73 bits per heavy atom. The number of sulfonamides is 1. The summed E-state index contributed by atoms with van der Waals surface area (Å²) in [5.74, 6) is -0.0320. The number of carbonyl (C=O) groups is 2. The van der Waals surface area contributed by atoms with Gasteiger partial charge in [0.1, 0.15) is 0 Å². The molecule has 2 amide bonds. The van der Waals surface area contributed by atoms with Gasteiger partial charge in [-0.1, -0.05) is 0 Å². The van der Waals surface area contributed by atoms with Crippen molar-refractivity contribution in [1.29, 1.82) is 0 Å². The fourth-order valence-corrected chi connectivity index (χ4v) is 3.31. The fourth-order valence-electron chi connectivity index (χ4n) is 2.74. The summed E-state index contributed by atoms with van der Waals surface area (Å²) in [7, 11) is 0.129. The normalized spacial score (nSPS) is 16.0. The number of nitrogens with one attached hydrogen (secondary N) is 1. The molecule has 0 bridgehead atoms. The number of carbonyl (C=O) groups excluding carboxylic acids is 2. The summed E-state index contributed by atoms with van der Waals surface area (Å²) in [5.41, 5.74) is 0.940. The second kappa shape index (κ2) is 8.50. The minimum atomic E-state index is -3.34. The predicted molar refractivity (Wildman–Crippen MR) is 101 cm³/mol. The molecule has 1 fully saturated rings. The zero-order chi connectivity index (χ0) is 19.3. The van der Waals surface area contributed by atoms with Gasteiger partial charge in [0.25, 0.3) is 5.91 Å². The quantitative estimate of drug-likeness (QED) is 0.791. The molecule has 1 aromatic rings. The molecule has 1 aliphatic heterocycles. The van der Waals surface area contributed by atoms with Crippen LogP contribution in [-0.2, 0) is 14.8 Å². The zero-order valence-corrected chi connectivity index (χ0v) is 16.3. The Balaban J connectivity index is 1.96. The molecule has 1 heterocycles. The van der Waals surface area contributed by atoms with Gasteiger partial charge in [-0.2, -0.15) is 0 Å². The molecule has 1 N–H and O–H groups in total. The maximum Gasteiger partial charge on any atom is 0.253 e. The first-order valence-corrected chi connectivity index (χ1v) is 10.3. The molecular weight excluding hydrogens is 356 g/mol. The van der Waals surface area contributed by atoms with E-state index in [0.29, 0.717) is 37.4 Å². The number of nitrogens with zero attached hydrogens (tertiary/aromatic N) is 3. The highest BCUT2D eigenvalue weighted by Gasteiger charge is 2.21. The van der Waals surface area contributed by atoms with Gasteiger partial charge >= 0.3 is 0 Å². The van der Waals surface area contributed by atoms with Gasteiger partial charge in [0.2, 0.25) is 15.9 Å². The van der Waals surface area contributed by atoms with E-state index in [2.05, 4.69) is 9.62 Å². The molecule has 8 nitrogen and oxygen atoms in total. The molecule has 0 atom stereocenters. The average Bonchev–Trinajstić information content (AvgIpc) is 2.79. The molecule has 26 heavy (non-hydrogen) atoms. The molecular formula is C17H26N4O4S. The van der Waals surface area contributed by atoms with E-state index in [1.54, 1.807) is 48.2 Å². The Bertz CT molecular complexity index is 747. The van der Waals surface area contributed by atoms with Gasteiger partial charge in [-0.15, -0.1) is 0 Å². The smallest absolute Gasteiger partial charge is 0.253 e. The average molecular weight is 382 g/mol. The lowest BCUT2D eigenvalue weighted by molar-refractivity contribution is -0.129. The van der Waals surface area contributed by atoms with Crippen molar-refractivity contribution in [1.82, 2.24) is 14.7 Å².